The van der Waals surface area contributed by atoms with Crippen LogP contribution in [-0.2, 0) is 11.8 Å². The minimum Gasteiger partial charge on any atom is -0.497 e. The molecule has 146 valence electrons. The minimum atomic E-state index is -0.348. The molecule has 1 aliphatic rings. The lowest BCUT2D eigenvalue weighted by atomic mass is 10.0. The molecule has 4 rings (SSSR count). The quantitative estimate of drug-likeness (QED) is 0.634. The summed E-state index contributed by atoms with van der Waals surface area (Å²) >= 11 is 0. The third-order valence-corrected chi connectivity index (χ3v) is 5.24. The number of pyridine rings is 1. The van der Waals surface area contributed by atoms with Crippen molar-refractivity contribution in [2.24, 2.45) is 7.05 Å². The zero-order valence-electron chi connectivity index (χ0n) is 16.4. The van der Waals surface area contributed by atoms with Crippen molar-refractivity contribution < 1.29 is 14.3 Å². The van der Waals surface area contributed by atoms with Gasteiger partial charge in [-0.1, -0.05) is 0 Å². The molecule has 1 aliphatic heterocycles. The number of carbonyl (C=O) groups excluding carboxylic acids is 1. The van der Waals surface area contributed by atoms with Crippen molar-refractivity contribution in [2.45, 2.75) is 19.3 Å². The molecule has 3 aromatic rings. The summed E-state index contributed by atoms with van der Waals surface area (Å²) in [5.74, 6) is 0.761. The van der Waals surface area contributed by atoms with Crippen LogP contribution in [0.1, 0.15) is 35.2 Å². The summed E-state index contributed by atoms with van der Waals surface area (Å²) < 4.78 is 12.5. The van der Waals surface area contributed by atoms with E-state index in [0.29, 0.717) is 18.1 Å². The second-order valence-corrected chi connectivity index (χ2v) is 7.00. The molecule has 1 aromatic carbocycles. The Balaban J connectivity index is 1.78. The molecule has 1 saturated heterocycles. The molecule has 0 spiro atoms. The maximum Gasteiger partial charge on any atom is 0.341 e. The fourth-order valence-electron chi connectivity index (χ4n) is 3.87. The molecule has 28 heavy (non-hydrogen) atoms. The lowest BCUT2D eigenvalue weighted by molar-refractivity contribution is 0.0527. The molecular formula is C21H24N4O3. The van der Waals surface area contributed by atoms with E-state index >= 15 is 0 Å². The summed E-state index contributed by atoms with van der Waals surface area (Å²) in [6.07, 6.45) is 6.61. The number of nitrogens with zero attached hydrogens (tertiary/aromatic N) is 4. The van der Waals surface area contributed by atoms with Gasteiger partial charge in [0, 0.05) is 43.8 Å². The third kappa shape index (κ3) is 3.28. The minimum absolute atomic E-state index is 0.326. The smallest absolute Gasteiger partial charge is 0.341 e. The SMILES string of the molecule is CCOC(=O)c1cnc2ccc(OC)cc2c1N1CCC(c2cnn(C)c2)C1. The highest BCUT2D eigenvalue weighted by Gasteiger charge is 2.29. The monoisotopic (exact) mass is 380 g/mol. The van der Waals surface area contributed by atoms with Gasteiger partial charge in [0.05, 0.1) is 31.1 Å². The first-order valence-corrected chi connectivity index (χ1v) is 9.48. The molecule has 0 aliphatic carbocycles. The number of methoxy groups -OCH3 is 1. The second-order valence-electron chi connectivity index (χ2n) is 7.00. The molecule has 0 bridgehead atoms. The number of hydrogen-bond donors (Lipinski definition) is 0. The first kappa shape index (κ1) is 18.3. The molecule has 7 nitrogen and oxygen atoms in total. The predicted octanol–water partition coefficient (Wildman–Crippen LogP) is 3.15. The van der Waals surface area contributed by atoms with Crippen LogP contribution in [0.2, 0.25) is 0 Å². The van der Waals surface area contributed by atoms with Crippen LogP contribution in [0.3, 0.4) is 0 Å². The highest BCUT2D eigenvalue weighted by atomic mass is 16.5. The van der Waals surface area contributed by atoms with Gasteiger partial charge in [0.2, 0.25) is 0 Å². The van der Waals surface area contributed by atoms with Gasteiger partial charge in [-0.05, 0) is 37.1 Å². The van der Waals surface area contributed by atoms with Crippen LogP contribution in [-0.4, -0.2) is 47.5 Å². The van der Waals surface area contributed by atoms with Crippen molar-refractivity contribution in [3.63, 3.8) is 0 Å². The summed E-state index contributed by atoms with van der Waals surface area (Å²) in [6.45, 7) is 3.80. The Morgan fingerprint density at radius 1 is 1.32 bits per heavy atom. The number of anilines is 1. The van der Waals surface area contributed by atoms with Gasteiger partial charge in [-0.15, -0.1) is 0 Å². The molecule has 0 N–H and O–H groups in total. The molecule has 1 unspecified atom stereocenters. The Morgan fingerprint density at radius 2 is 2.18 bits per heavy atom. The topological polar surface area (TPSA) is 69.5 Å². The van der Waals surface area contributed by atoms with Crippen molar-refractivity contribution in [1.29, 1.82) is 0 Å². The first-order chi connectivity index (χ1) is 13.6. The van der Waals surface area contributed by atoms with Gasteiger partial charge in [0.15, 0.2) is 0 Å². The molecular weight excluding hydrogens is 356 g/mol. The summed E-state index contributed by atoms with van der Waals surface area (Å²) in [4.78, 5) is 19.4. The van der Waals surface area contributed by atoms with Gasteiger partial charge < -0.3 is 14.4 Å². The van der Waals surface area contributed by atoms with Crippen LogP contribution < -0.4 is 9.64 Å². The van der Waals surface area contributed by atoms with E-state index in [-0.39, 0.29) is 5.97 Å². The molecule has 1 fully saturated rings. The number of esters is 1. The van der Waals surface area contributed by atoms with E-state index < -0.39 is 0 Å². The molecule has 1 atom stereocenters. The van der Waals surface area contributed by atoms with Gasteiger partial charge >= 0.3 is 5.97 Å². The summed E-state index contributed by atoms with van der Waals surface area (Å²) in [6, 6.07) is 5.74. The standard InChI is InChI=1S/C21H24N4O3/c1-4-28-21(26)18-11-22-19-6-5-16(27-3)9-17(19)20(18)25-8-7-14(13-25)15-10-23-24(2)12-15/h5-6,9-12,14H,4,7-8,13H2,1-3H3. The van der Waals surface area contributed by atoms with Crippen molar-refractivity contribution in [1.82, 2.24) is 14.8 Å². The van der Waals surface area contributed by atoms with Crippen molar-refractivity contribution in [3.05, 3.63) is 47.9 Å². The van der Waals surface area contributed by atoms with Crippen molar-refractivity contribution in [2.75, 3.05) is 31.7 Å². The first-order valence-electron chi connectivity index (χ1n) is 9.48. The number of fused-ring (bicyclic) bond motifs is 1. The molecule has 3 heterocycles. The van der Waals surface area contributed by atoms with Crippen LogP contribution in [0.5, 0.6) is 5.75 Å². The number of benzene rings is 1. The zero-order chi connectivity index (χ0) is 19.7. The average molecular weight is 380 g/mol. The van der Waals surface area contributed by atoms with E-state index in [1.807, 2.05) is 43.0 Å². The fraction of sp³-hybridized carbons (Fsp3) is 0.381. The molecule has 0 saturated carbocycles. The van der Waals surface area contributed by atoms with E-state index in [2.05, 4.69) is 21.2 Å². The van der Waals surface area contributed by atoms with Crippen molar-refractivity contribution >= 4 is 22.6 Å². The Labute approximate surface area is 163 Å². The van der Waals surface area contributed by atoms with E-state index in [0.717, 1.165) is 41.9 Å². The average Bonchev–Trinajstić information content (AvgIpc) is 3.35. The van der Waals surface area contributed by atoms with Gasteiger partial charge in [0.25, 0.3) is 0 Å². The van der Waals surface area contributed by atoms with E-state index in [4.69, 9.17) is 9.47 Å². The van der Waals surface area contributed by atoms with Crippen LogP contribution in [0.4, 0.5) is 5.69 Å². The number of hydrogen-bond acceptors (Lipinski definition) is 6. The number of carbonyl (C=O) groups is 1. The number of aryl methyl sites for hydroxylation is 1. The Bertz CT molecular complexity index is 1010. The van der Waals surface area contributed by atoms with E-state index in [1.165, 1.54) is 5.56 Å². The van der Waals surface area contributed by atoms with Gasteiger partial charge in [-0.3, -0.25) is 9.67 Å². The molecule has 0 amide bonds. The van der Waals surface area contributed by atoms with Crippen molar-refractivity contribution in [3.8, 4) is 5.75 Å². The van der Waals surface area contributed by atoms with Crippen LogP contribution in [0.25, 0.3) is 10.9 Å². The third-order valence-electron chi connectivity index (χ3n) is 5.24. The maximum atomic E-state index is 12.6. The molecule has 0 radical (unpaired) electrons. The lowest BCUT2D eigenvalue weighted by Gasteiger charge is -2.23. The Kier molecular flexibility index (Phi) is 4.90. The van der Waals surface area contributed by atoms with Gasteiger partial charge in [0.1, 0.15) is 11.3 Å². The number of rotatable bonds is 5. The Morgan fingerprint density at radius 3 is 2.89 bits per heavy atom. The number of aromatic nitrogens is 3. The summed E-state index contributed by atoms with van der Waals surface area (Å²) in [5.41, 5.74) is 3.41. The lowest BCUT2D eigenvalue weighted by Crippen LogP contribution is -2.23. The fourth-order valence-corrected chi connectivity index (χ4v) is 3.87. The van der Waals surface area contributed by atoms with E-state index in [1.54, 1.807) is 13.3 Å². The van der Waals surface area contributed by atoms with E-state index in [9.17, 15) is 4.79 Å². The maximum absolute atomic E-state index is 12.6. The Hall–Kier alpha value is -3.09. The van der Waals surface area contributed by atoms with Crippen LogP contribution in [0, 0.1) is 0 Å². The molecule has 7 heteroatoms. The predicted molar refractivity (Wildman–Crippen MR) is 107 cm³/mol. The van der Waals surface area contributed by atoms with Gasteiger partial charge in [-0.2, -0.15) is 5.10 Å². The van der Waals surface area contributed by atoms with Crippen LogP contribution in [0.15, 0.2) is 36.8 Å². The summed E-state index contributed by atoms with van der Waals surface area (Å²) in [7, 11) is 3.56. The highest BCUT2D eigenvalue weighted by molar-refractivity contribution is 6.05. The van der Waals surface area contributed by atoms with Gasteiger partial charge in [-0.25, -0.2) is 4.79 Å². The second kappa shape index (κ2) is 7.50. The molecule has 2 aromatic heterocycles. The normalized spacial score (nSPS) is 16.5. The highest BCUT2D eigenvalue weighted by Crippen LogP contribution is 2.37. The summed E-state index contributed by atoms with van der Waals surface area (Å²) in [5, 5.41) is 5.20. The zero-order valence-corrected chi connectivity index (χ0v) is 16.4. The van der Waals surface area contributed by atoms with Crippen LogP contribution >= 0.6 is 0 Å². The number of ether oxygens (including phenoxy) is 2. The largest absolute Gasteiger partial charge is 0.497 e.